The molecule has 336 valence electrons. The van der Waals surface area contributed by atoms with Crippen LogP contribution in [0.2, 0.25) is 0 Å². The predicted octanol–water partition coefficient (Wildman–Crippen LogP) is 16.3. The zero-order valence-electron chi connectivity index (χ0n) is 39.1. The Morgan fingerprint density at radius 2 is 0.931 bits per heavy atom. The quantitative estimate of drug-likeness (QED) is 0.166. The third-order valence-corrected chi connectivity index (χ3v) is 15.3. The summed E-state index contributed by atoms with van der Waals surface area (Å²) in [4.78, 5) is 11.1. The van der Waals surface area contributed by atoms with E-state index in [1.807, 2.05) is 42.5 Å². The lowest BCUT2D eigenvalue weighted by atomic mass is 9.95. The van der Waals surface area contributed by atoms with Crippen LogP contribution in [-0.2, 0) is 0 Å². The number of nitrogens with zero attached hydrogens (tertiary/aromatic N) is 7. The first-order valence-corrected chi connectivity index (χ1v) is 24.7. The van der Waals surface area contributed by atoms with Crippen LogP contribution < -0.4 is 0 Å². The highest BCUT2D eigenvalue weighted by atomic mass is 32.1. The van der Waals surface area contributed by atoms with E-state index in [2.05, 4.69) is 197 Å². The van der Waals surface area contributed by atoms with Crippen LogP contribution in [-0.4, -0.2) is 23.7 Å². The molecule has 0 aliphatic heterocycles. The lowest BCUT2D eigenvalue weighted by Gasteiger charge is -2.22. The summed E-state index contributed by atoms with van der Waals surface area (Å²) in [6, 6.07) is 74.9. The minimum Gasteiger partial charge on any atom is -0.309 e. The van der Waals surface area contributed by atoms with Gasteiger partial charge in [0.05, 0.1) is 78.0 Å². The first-order chi connectivity index (χ1) is 35.4. The molecule has 0 N–H and O–H groups in total. The molecule has 14 aromatic rings. The third-order valence-electron chi connectivity index (χ3n) is 14.3. The maximum atomic E-state index is 10.2. The van der Waals surface area contributed by atoms with Gasteiger partial charge in [0.15, 0.2) is 0 Å². The Morgan fingerprint density at radius 1 is 0.417 bits per heavy atom. The molecule has 5 aromatic heterocycles. The molecule has 0 bridgehead atoms. The first kappa shape index (κ1) is 41.4. The Balaban J connectivity index is 1.12. The second kappa shape index (κ2) is 16.0. The van der Waals surface area contributed by atoms with Crippen LogP contribution in [0.5, 0.6) is 0 Å². The molecule has 0 fully saturated rings. The van der Waals surface area contributed by atoms with E-state index in [4.69, 9.17) is 9.97 Å². The minimum atomic E-state index is 0.595. The molecule has 0 amide bonds. The van der Waals surface area contributed by atoms with Gasteiger partial charge in [-0.2, -0.15) is 10.5 Å². The van der Waals surface area contributed by atoms with Gasteiger partial charge in [0.25, 0.3) is 0 Å². The van der Waals surface area contributed by atoms with Crippen molar-refractivity contribution >= 4 is 87.0 Å². The maximum absolute atomic E-state index is 10.2. The maximum Gasteiger partial charge on any atom is 0.139 e. The van der Waals surface area contributed by atoms with E-state index >= 15 is 0 Å². The average Bonchev–Trinajstić information content (AvgIpc) is 4.18. The van der Waals surface area contributed by atoms with Crippen LogP contribution >= 0.6 is 11.3 Å². The Morgan fingerprint density at radius 3 is 1.57 bits per heavy atom. The van der Waals surface area contributed by atoms with Crippen molar-refractivity contribution in [3.8, 4) is 62.3 Å². The van der Waals surface area contributed by atoms with E-state index in [0.29, 0.717) is 11.1 Å². The SMILES string of the molecule is Cc1ccc2c(c1)c1cc(C)ccc1n2-c1ccc(-c2nc(-n3c4ccccc4c4cc(C#N)ccc43)cc(-c3ccccc3-c3nc4ccccc4s3)c2-n2c3ccccc3c3cc(C#N)ccc32)cc1. The number of aryl methyl sites for hydroxylation is 2. The van der Waals surface area contributed by atoms with E-state index in [9.17, 15) is 10.5 Å². The molecule has 0 saturated heterocycles. The smallest absolute Gasteiger partial charge is 0.139 e. The topological polar surface area (TPSA) is 88.2 Å². The summed E-state index contributed by atoms with van der Waals surface area (Å²) in [5, 5.41) is 27.7. The predicted molar refractivity (Wildman–Crippen MR) is 296 cm³/mol. The standard InChI is InChI=1S/C64H39N7S/c1-38-19-27-56-48(31-38)49-32-39(2)20-28-57(49)69(56)43-25-23-42(24-26-43)62-63(71-55-17-9-6-13-46(55)51-34-41(37-66)22-30-59(51)71)52(44-11-3-4-14-47(44)64-67-53-15-7-10-18-60(53)72-64)35-61(68-62)70-54-16-8-5-12-45(54)50-33-40(36-65)21-29-58(50)70/h3-35H,1-2H3. The summed E-state index contributed by atoms with van der Waals surface area (Å²) in [5.74, 6) is 0.725. The molecule has 14 rings (SSSR count). The van der Waals surface area contributed by atoms with E-state index in [1.54, 1.807) is 11.3 Å². The van der Waals surface area contributed by atoms with Crippen LogP contribution in [0, 0.1) is 36.5 Å². The fraction of sp³-hybridized carbons (Fsp3) is 0.0312. The molecule has 9 aromatic carbocycles. The van der Waals surface area contributed by atoms with Gasteiger partial charge in [-0.25, -0.2) is 9.97 Å². The average molecular weight is 938 g/mol. The molecule has 0 aliphatic carbocycles. The van der Waals surface area contributed by atoms with E-state index < -0.39 is 0 Å². The number of hydrogen-bond acceptors (Lipinski definition) is 5. The van der Waals surface area contributed by atoms with Crippen molar-refractivity contribution in [1.82, 2.24) is 23.7 Å². The lowest BCUT2D eigenvalue weighted by Crippen LogP contribution is -2.07. The molecule has 0 aliphatic rings. The number of rotatable bonds is 6. The van der Waals surface area contributed by atoms with Crippen LogP contribution in [0.15, 0.2) is 200 Å². The number of hydrogen-bond donors (Lipinski definition) is 0. The Bertz CT molecular complexity index is 4590. The number of nitriles is 2. The van der Waals surface area contributed by atoms with Crippen LogP contribution in [0.1, 0.15) is 22.3 Å². The van der Waals surface area contributed by atoms with Crippen LogP contribution in [0.4, 0.5) is 0 Å². The second-order valence-corrected chi connectivity index (χ2v) is 19.6. The van der Waals surface area contributed by atoms with Crippen molar-refractivity contribution in [2.24, 2.45) is 0 Å². The van der Waals surface area contributed by atoms with Gasteiger partial charge in [-0.3, -0.25) is 4.57 Å². The van der Waals surface area contributed by atoms with E-state index in [0.717, 1.165) is 115 Å². The summed E-state index contributed by atoms with van der Waals surface area (Å²) in [6.45, 7) is 4.31. The summed E-state index contributed by atoms with van der Waals surface area (Å²) in [5.41, 5.74) is 17.3. The molecule has 0 unspecified atom stereocenters. The van der Waals surface area contributed by atoms with Crippen molar-refractivity contribution in [2.45, 2.75) is 13.8 Å². The van der Waals surface area contributed by atoms with Gasteiger partial charge in [-0.15, -0.1) is 11.3 Å². The summed E-state index contributed by atoms with van der Waals surface area (Å²) in [7, 11) is 0. The highest BCUT2D eigenvalue weighted by molar-refractivity contribution is 7.21. The Kier molecular flexibility index (Phi) is 9.18. The number of thiazole rings is 1. The van der Waals surface area contributed by atoms with Crippen LogP contribution in [0.25, 0.3) is 126 Å². The molecule has 0 saturated carbocycles. The van der Waals surface area contributed by atoms with Gasteiger partial charge in [0, 0.05) is 54.7 Å². The van der Waals surface area contributed by atoms with Gasteiger partial charge >= 0.3 is 0 Å². The van der Waals surface area contributed by atoms with Gasteiger partial charge in [-0.05, 0) is 123 Å². The zero-order chi connectivity index (χ0) is 48.2. The van der Waals surface area contributed by atoms with Crippen LogP contribution in [0.3, 0.4) is 0 Å². The molecular formula is C64H39N7S. The van der Waals surface area contributed by atoms with Crippen molar-refractivity contribution in [3.63, 3.8) is 0 Å². The van der Waals surface area contributed by atoms with Gasteiger partial charge < -0.3 is 9.13 Å². The third kappa shape index (κ3) is 6.27. The molecule has 0 radical (unpaired) electrons. The van der Waals surface area contributed by atoms with E-state index in [1.165, 1.54) is 21.9 Å². The van der Waals surface area contributed by atoms with Gasteiger partial charge in [0.2, 0.25) is 0 Å². The molecule has 7 nitrogen and oxygen atoms in total. The molecule has 72 heavy (non-hydrogen) atoms. The van der Waals surface area contributed by atoms with Crippen molar-refractivity contribution in [2.75, 3.05) is 0 Å². The zero-order valence-corrected chi connectivity index (χ0v) is 39.9. The summed E-state index contributed by atoms with van der Waals surface area (Å²) >= 11 is 1.69. The van der Waals surface area contributed by atoms with Crippen molar-refractivity contribution < 1.29 is 0 Å². The molecular weight excluding hydrogens is 899 g/mol. The monoisotopic (exact) mass is 937 g/mol. The molecule has 0 spiro atoms. The normalized spacial score (nSPS) is 11.7. The van der Waals surface area contributed by atoms with Gasteiger partial charge in [0.1, 0.15) is 10.8 Å². The largest absolute Gasteiger partial charge is 0.309 e. The highest BCUT2D eigenvalue weighted by Gasteiger charge is 2.27. The second-order valence-electron chi connectivity index (χ2n) is 18.6. The first-order valence-electron chi connectivity index (χ1n) is 23.9. The Labute approximate surface area is 417 Å². The molecule has 0 atom stereocenters. The lowest BCUT2D eigenvalue weighted by molar-refractivity contribution is 1.06. The molecule has 8 heteroatoms. The number of fused-ring (bicyclic) bond motifs is 10. The van der Waals surface area contributed by atoms with Gasteiger partial charge in [-0.1, -0.05) is 108 Å². The van der Waals surface area contributed by atoms with Crippen molar-refractivity contribution in [1.29, 1.82) is 10.5 Å². The number of benzene rings is 9. The van der Waals surface area contributed by atoms with Crippen molar-refractivity contribution in [3.05, 3.63) is 222 Å². The fourth-order valence-electron chi connectivity index (χ4n) is 11.0. The number of aromatic nitrogens is 5. The number of para-hydroxylation sites is 3. The highest BCUT2D eigenvalue weighted by Crippen LogP contribution is 2.46. The summed E-state index contributed by atoms with van der Waals surface area (Å²) in [6.07, 6.45) is 0. The fourth-order valence-corrected chi connectivity index (χ4v) is 12.0. The molecule has 5 heterocycles. The summed E-state index contributed by atoms with van der Waals surface area (Å²) < 4.78 is 8.07. The van der Waals surface area contributed by atoms with E-state index in [-0.39, 0.29) is 0 Å². The number of pyridine rings is 1. The minimum absolute atomic E-state index is 0.595. The Hall–Kier alpha value is -9.60.